The molecule has 0 saturated heterocycles. The summed E-state index contributed by atoms with van der Waals surface area (Å²) in [6.45, 7) is 0. The number of hydrogen-bond acceptors (Lipinski definition) is 1. The van der Waals surface area contributed by atoms with Crippen LogP contribution in [0.15, 0.2) is 59.0 Å². The number of rotatable bonds is 0. The lowest BCUT2D eigenvalue weighted by Gasteiger charge is -2.00. The van der Waals surface area contributed by atoms with Crippen molar-refractivity contribution in [3.63, 3.8) is 0 Å². The Morgan fingerprint density at radius 2 is 1.67 bits per heavy atom. The second-order valence-corrected chi connectivity index (χ2v) is 5.54. The van der Waals surface area contributed by atoms with Gasteiger partial charge in [0.2, 0.25) is 0 Å². The van der Waals surface area contributed by atoms with Crippen LogP contribution in [0, 0.1) is 3.57 Å². The van der Waals surface area contributed by atoms with Gasteiger partial charge in [0.25, 0.3) is 0 Å². The zero-order valence-corrected chi connectivity index (χ0v) is 11.6. The predicted molar refractivity (Wildman–Crippen MR) is 83.9 cm³/mol. The molecule has 0 atom stereocenters. The van der Waals surface area contributed by atoms with Gasteiger partial charge in [-0.25, -0.2) is 0 Å². The molecular weight excluding hydrogens is 335 g/mol. The van der Waals surface area contributed by atoms with E-state index in [1.807, 2.05) is 12.1 Å². The van der Waals surface area contributed by atoms with Gasteiger partial charge in [-0.05, 0) is 46.2 Å². The molecule has 0 aliphatic rings. The summed E-state index contributed by atoms with van der Waals surface area (Å²) in [7, 11) is 0. The predicted octanol–water partition coefficient (Wildman–Crippen LogP) is 5.34. The van der Waals surface area contributed by atoms with Crippen molar-refractivity contribution < 1.29 is 4.42 Å². The molecule has 4 aromatic rings. The Labute approximate surface area is 118 Å². The zero-order chi connectivity index (χ0) is 12.1. The minimum atomic E-state index is 0.958. The molecule has 0 fully saturated rings. The van der Waals surface area contributed by atoms with Gasteiger partial charge in [-0.15, -0.1) is 0 Å². The molecule has 1 aromatic heterocycles. The van der Waals surface area contributed by atoms with Crippen molar-refractivity contribution in [3.05, 3.63) is 58.2 Å². The Morgan fingerprint density at radius 1 is 0.778 bits per heavy atom. The van der Waals surface area contributed by atoms with Crippen molar-refractivity contribution in [1.82, 2.24) is 0 Å². The largest absolute Gasteiger partial charge is 0.455 e. The average molecular weight is 344 g/mol. The number of benzene rings is 3. The van der Waals surface area contributed by atoms with E-state index in [0.717, 1.165) is 11.2 Å². The maximum Gasteiger partial charge on any atom is 0.144 e. The van der Waals surface area contributed by atoms with E-state index in [9.17, 15) is 0 Å². The van der Waals surface area contributed by atoms with Crippen LogP contribution in [0.25, 0.3) is 32.7 Å². The van der Waals surface area contributed by atoms with E-state index in [4.69, 9.17) is 4.42 Å². The van der Waals surface area contributed by atoms with E-state index < -0.39 is 0 Å². The van der Waals surface area contributed by atoms with E-state index in [1.165, 1.54) is 25.1 Å². The third kappa shape index (κ3) is 1.32. The standard InChI is InChI=1S/C16H9IO/c17-13-6-3-4-10-8-9-12-11-5-1-2-7-14(11)18-16(12)15(10)13/h1-9H. The highest BCUT2D eigenvalue weighted by molar-refractivity contribution is 14.1. The molecule has 0 saturated carbocycles. The van der Waals surface area contributed by atoms with Crippen LogP contribution in [0.2, 0.25) is 0 Å². The molecule has 2 heteroatoms. The second-order valence-electron chi connectivity index (χ2n) is 4.38. The van der Waals surface area contributed by atoms with Crippen molar-refractivity contribution in [1.29, 1.82) is 0 Å². The van der Waals surface area contributed by atoms with Crippen molar-refractivity contribution in [2.75, 3.05) is 0 Å². The van der Waals surface area contributed by atoms with E-state index >= 15 is 0 Å². The van der Waals surface area contributed by atoms with E-state index in [-0.39, 0.29) is 0 Å². The lowest BCUT2D eigenvalue weighted by molar-refractivity contribution is 0.672. The summed E-state index contributed by atoms with van der Waals surface area (Å²) in [5.41, 5.74) is 1.96. The number of halogens is 1. The van der Waals surface area contributed by atoms with E-state index in [0.29, 0.717) is 0 Å². The number of furan rings is 1. The van der Waals surface area contributed by atoms with E-state index in [1.54, 1.807) is 0 Å². The SMILES string of the molecule is Ic1cccc2ccc3c4ccccc4oc3c12. The molecular formula is C16H9IO. The van der Waals surface area contributed by atoms with Crippen LogP contribution < -0.4 is 0 Å². The molecule has 0 unspecified atom stereocenters. The summed E-state index contributed by atoms with van der Waals surface area (Å²) >= 11 is 2.37. The molecule has 1 heterocycles. The normalized spacial score (nSPS) is 11.6. The van der Waals surface area contributed by atoms with Gasteiger partial charge in [-0.1, -0.05) is 36.4 Å². The third-order valence-electron chi connectivity index (χ3n) is 3.34. The van der Waals surface area contributed by atoms with Gasteiger partial charge in [-0.3, -0.25) is 0 Å². The third-order valence-corrected chi connectivity index (χ3v) is 4.24. The highest BCUT2D eigenvalue weighted by Gasteiger charge is 2.11. The first kappa shape index (κ1) is 10.4. The van der Waals surface area contributed by atoms with Crippen LogP contribution in [-0.2, 0) is 0 Å². The Balaban J connectivity index is 2.35. The number of fused-ring (bicyclic) bond motifs is 5. The van der Waals surface area contributed by atoms with Gasteiger partial charge in [0, 0.05) is 19.7 Å². The molecule has 0 N–H and O–H groups in total. The van der Waals surface area contributed by atoms with Crippen LogP contribution >= 0.6 is 22.6 Å². The van der Waals surface area contributed by atoms with Crippen LogP contribution in [0.5, 0.6) is 0 Å². The number of para-hydroxylation sites is 1. The summed E-state index contributed by atoms with van der Waals surface area (Å²) in [5.74, 6) is 0. The Hall–Kier alpha value is -1.55. The smallest absolute Gasteiger partial charge is 0.144 e. The monoisotopic (exact) mass is 344 g/mol. The highest BCUT2D eigenvalue weighted by Crippen LogP contribution is 2.35. The molecule has 18 heavy (non-hydrogen) atoms. The van der Waals surface area contributed by atoms with Crippen LogP contribution in [0.1, 0.15) is 0 Å². The Bertz CT molecular complexity index is 889. The molecule has 0 amide bonds. The fourth-order valence-corrected chi connectivity index (χ4v) is 3.27. The lowest BCUT2D eigenvalue weighted by atomic mass is 10.1. The van der Waals surface area contributed by atoms with Crippen molar-refractivity contribution in [2.45, 2.75) is 0 Å². The van der Waals surface area contributed by atoms with Gasteiger partial charge < -0.3 is 4.42 Å². The maximum absolute atomic E-state index is 6.04. The summed E-state index contributed by atoms with van der Waals surface area (Å²) in [6, 6.07) is 18.9. The molecule has 0 bridgehead atoms. The van der Waals surface area contributed by atoms with Crippen molar-refractivity contribution in [3.8, 4) is 0 Å². The zero-order valence-electron chi connectivity index (χ0n) is 9.48. The first-order valence-electron chi connectivity index (χ1n) is 5.83. The van der Waals surface area contributed by atoms with Crippen LogP contribution in [0.4, 0.5) is 0 Å². The van der Waals surface area contributed by atoms with Gasteiger partial charge >= 0.3 is 0 Å². The van der Waals surface area contributed by atoms with Gasteiger partial charge in [-0.2, -0.15) is 0 Å². The Morgan fingerprint density at radius 3 is 2.61 bits per heavy atom. The molecule has 0 spiro atoms. The van der Waals surface area contributed by atoms with Gasteiger partial charge in [0.05, 0.1) is 0 Å². The molecule has 0 aliphatic heterocycles. The minimum Gasteiger partial charge on any atom is -0.455 e. The lowest BCUT2D eigenvalue weighted by Crippen LogP contribution is -1.78. The fraction of sp³-hybridized carbons (Fsp3) is 0. The molecule has 0 radical (unpaired) electrons. The van der Waals surface area contributed by atoms with E-state index in [2.05, 4.69) is 65.1 Å². The number of hydrogen-bond donors (Lipinski definition) is 0. The quantitative estimate of drug-likeness (QED) is 0.392. The van der Waals surface area contributed by atoms with Crippen LogP contribution in [-0.4, -0.2) is 0 Å². The molecule has 0 aliphatic carbocycles. The summed E-state index contributed by atoms with van der Waals surface area (Å²) < 4.78 is 7.27. The topological polar surface area (TPSA) is 13.1 Å². The van der Waals surface area contributed by atoms with Gasteiger partial charge in [0.15, 0.2) is 0 Å². The Kier molecular flexibility index (Phi) is 2.14. The first-order chi connectivity index (χ1) is 8.84. The summed E-state index contributed by atoms with van der Waals surface area (Å²) in [6.07, 6.45) is 0. The summed E-state index contributed by atoms with van der Waals surface area (Å²) in [4.78, 5) is 0. The fourth-order valence-electron chi connectivity index (χ4n) is 2.51. The average Bonchev–Trinajstić information content (AvgIpc) is 2.77. The molecule has 1 nitrogen and oxygen atoms in total. The molecule has 86 valence electrons. The van der Waals surface area contributed by atoms with Crippen LogP contribution in [0.3, 0.4) is 0 Å². The highest BCUT2D eigenvalue weighted by atomic mass is 127. The molecule has 3 aromatic carbocycles. The maximum atomic E-state index is 6.04. The van der Waals surface area contributed by atoms with Crippen molar-refractivity contribution >= 4 is 55.3 Å². The molecule has 4 rings (SSSR count). The minimum absolute atomic E-state index is 0.958. The first-order valence-corrected chi connectivity index (χ1v) is 6.91. The second kappa shape index (κ2) is 3.72. The van der Waals surface area contributed by atoms with Crippen molar-refractivity contribution in [2.24, 2.45) is 0 Å². The summed E-state index contributed by atoms with van der Waals surface area (Å²) in [5, 5.41) is 4.83. The van der Waals surface area contributed by atoms with Gasteiger partial charge in [0.1, 0.15) is 11.2 Å².